The van der Waals surface area contributed by atoms with Crippen molar-refractivity contribution in [3.05, 3.63) is 23.5 Å². The largest absolute Gasteiger partial charge is 0.490 e. The van der Waals surface area contributed by atoms with Gasteiger partial charge in [0.25, 0.3) is 0 Å². The van der Waals surface area contributed by atoms with Crippen molar-refractivity contribution in [1.29, 1.82) is 0 Å². The van der Waals surface area contributed by atoms with Gasteiger partial charge in [-0.15, -0.1) is 0 Å². The van der Waals surface area contributed by atoms with Crippen molar-refractivity contribution < 1.29 is 14.3 Å². The highest BCUT2D eigenvalue weighted by molar-refractivity contribution is 5.69. The van der Waals surface area contributed by atoms with Crippen LogP contribution < -0.4 is 4.74 Å². The predicted molar refractivity (Wildman–Crippen MR) is 85.2 cm³/mol. The first-order valence-corrected chi connectivity index (χ1v) is 7.88. The van der Waals surface area contributed by atoms with Crippen LogP contribution in [-0.2, 0) is 11.2 Å². The topological polar surface area (TPSA) is 51.7 Å². The third-order valence-electron chi connectivity index (χ3n) is 3.76. The molecule has 1 atom stereocenters. The van der Waals surface area contributed by atoms with Crippen LogP contribution in [0.25, 0.3) is 0 Å². The molecule has 122 valence electrons. The number of carbonyl (C=O) groups is 1. The summed E-state index contributed by atoms with van der Waals surface area (Å²) in [5, 5.41) is 0. The van der Waals surface area contributed by atoms with Crippen LogP contribution in [0.2, 0.25) is 0 Å². The number of rotatable bonds is 4. The predicted octanol–water partition coefficient (Wildman–Crippen LogP) is 3.34. The molecule has 1 aliphatic heterocycles. The van der Waals surface area contributed by atoms with E-state index >= 15 is 0 Å². The fourth-order valence-electron chi connectivity index (χ4n) is 2.36. The Labute approximate surface area is 132 Å². The standard InChI is InChI=1S/C17H26N2O3/c1-6-13-9-15(10-18-12(13)2)21-11-14-7-8-19(14)16(20)22-17(3,4)5/h9-10,14H,6-8,11H2,1-5H3/t14-/m0/s1. The number of hydrogen-bond acceptors (Lipinski definition) is 4. The van der Waals surface area contributed by atoms with Gasteiger partial charge in [0, 0.05) is 12.2 Å². The molecule has 0 aromatic carbocycles. The van der Waals surface area contributed by atoms with Gasteiger partial charge in [0.15, 0.2) is 0 Å². The zero-order valence-electron chi connectivity index (χ0n) is 14.2. The Morgan fingerprint density at radius 3 is 2.73 bits per heavy atom. The molecule has 0 unspecified atom stereocenters. The number of nitrogens with zero attached hydrogens (tertiary/aromatic N) is 2. The van der Waals surface area contributed by atoms with Crippen molar-refractivity contribution in [2.45, 2.75) is 59.1 Å². The summed E-state index contributed by atoms with van der Waals surface area (Å²) < 4.78 is 11.2. The van der Waals surface area contributed by atoms with E-state index in [1.807, 2.05) is 33.8 Å². The van der Waals surface area contributed by atoms with Crippen LogP contribution in [0.15, 0.2) is 12.3 Å². The first-order valence-electron chi connectivity index (χ1n) is 7.88. The van der Waals surface area contributed by atoms with Gasteiger partial charge in [-0.05, 0) is 52.2 Å². The third-order valence-corrected chi connectivity index (χ3v) is 3.76. The fourth-order valence-corrected chi connectivity index (χ4v) is 2.36. The maximum absolute atomic E-state index is 12.0. The van der Waals surface area contributed by atoms with Gasteiger partial charge >= 0.3 is 6.09 Å². The van der Waals surface area contributed by atoms with Crippen molar-refractivity contribution >= 4 is 6.09 Å². The lowest BCUT2D eigenvalue weighted by atomic mass is 10.1. The molecule has 1 aromatic rings. The number of carbonyl (C=O) groups excluding carboxylic acids is 1. The van der Waals surface area contributed by atoms with Crippen molar-refractivity contribution in [2.24, 2.45) is 0 Å². The molecular formula is C17H26N2O3. The molecule has 5 nitrogen and oxygen atoms in total. The smallest absolute Gasteiger partial charge is 0.410 e. The molecule has 0 N–H and O–H groups in total. The van der Waals surface area contributed by atoms with E-state index in [2.05, 4.69) is 11.9 Å². The number of aromatic nitrogens is 1. The Morgan fingerprint density at radius 2 is 2.18 bits per heavy atom. The molecule has 5 heteroatoms. The molecule has 0 aliphatic carbocycles. The Balaban J connectivity index is 1.88. The minimum atomic E-state index is -0.463. The highest BCUT2D eigenvalue weighted by atomic mass is 16.6. The summed E-state index contributed by atoms with van der Waals surface area (Å²) >= 11 is 0. The lowest BCUT2D eigenvalue weighted by Gasteiger charge is -2.41. The summed E-state index contributed by atoms with van der Waals surface area (Å²) in [7, 11) is 0. The number of likely N-dealkylation sites (tertiary alicyclic amines) is 1. The number of ether oxygens (including phenoxy) is 2. The SMILES string of the molecule is CCc1cc(OC[C@@H]2CCN2C(=O)OC(C)(C)C)cnc1C. The third kappa shape index (κ3) is 4.12. The summed E-state index contributed by atoms with van der Waals surface area (Å²) in [5.74, 6) is 0.762. The lowest BCUT2D eigenvalue weighted by Crippen LogP contribution is -2.55. The maximum Gasteiger partial charge on any atom is 0.410 e. The monoisotopic (exact) mass is 306 g/mol. The number of hydrogen-bond donors (Lipinski definition) is 0. The van der Waals surface area contributed by atoms with Gasteiger partial charge in [-0.2, -0.15) is 0 Å². The molecule has 1 aliphatic rings. The summed E-state index contributed by atoms with van der Waals surface area (Å²) in [6.07, 6.45) is 3.36. The van der Waals surface area contributed by atoms with E-state index in [1.165, 1.54) is 5.56 Å². The number of aryl methyl sites for hydroxylation is 2. The minimum absolute atomic E-state index is 0.0845. The number of amides is 1. The molecule has 2 rings (SSSR count). The molecule has 0 spiro atoms. The Kier molecular flexibility index (Phi) is 4.94. The summed E-state index contributed by atoms with van der Waals surface area (Å²) in [5.41, 5.74) is 1.76. The van der Waals surface area contributed by atoms with Crippen LogP contribution >= 0.6 is 0 Å². The first-order chi connectivity index (χ1) is 10.3. The Hall–Kier alpha value is -1.78. The van der Waals surface area contributed by atoms with E-state index in [4.69, 9.17) is 9.47 Å². The van der Waals surface area contributed by atoms with Gasteiger partial charge in [0.1, 0.15) is 18.0 Å². The maximum atomic E-state index is 12.0. The van der Waals surface area contributed by atoms with Crippen molar-refractivity contribution in [2.75, 3.05) is 13.2 Å². The second-order valence-corrected chi connectivity index (χ2v) is 6.70. The first kappa shape index (κ1) is 16.6. The van der Waals surface area contributed by atoms with Gasteiger partial charge in [-0.3, -0.25) is 4.98 Å². The highest BCUT2D eigenvalue weighted by Gasteiger charge is 2.35. The second kappa shape index (κ2) is 6.55. The average molecular weight is 306 g/mol. The fraction of sp³-hybridized carbons (Fsp3) is 0.647. The molecule has 0 bridgehead atoms. The van der Waals surface area contributed by atoms with E-state index in [9.17, 15) is 4.79 Å². The average Bonchev–Trinajstić information content (AvgIpc) is 2.37. The van der Waals surface area contributed by atoms with Crippen LogP contribution in [-0.4, -0.2) is 40.8 Å². The van der Waals surface area contributed by atoms with E-state index in [0.29, 0.717) is 6.61 Å². The number of pyridine rings is 1. The summed E-state index contributed by atoms with van der Waals surface area (Å²) in [4.78, 5) is 18.1. The van der Waals surface area contributed by atoms with Crippen molar-refractivity contribution in [1.82, 2.24) is 9.88 Å². The summed E-state index contributed by atoms with van der Waals surface area (Å²) in [6, 6.07) is 2.11. The van der Waals surface area contributed by atoms with Gasteiger partial charge in [-0.25, -0.2) is 4.79 Å². The van der Waals surface area contributed by atoms with Gasteiger partial charge in [0.2, 0.25) is 0 Å². The van der Waals surface area contributed by atoms with Gasteiger partial charge < -0.3 is 14.4 Å². The lowest BCUT2D eigenvalue weighted by molar-refractivity contribution is -0.0141. The van der Waals surface area contributed by atoms with Crippen LogP contribution in [0, 0.1) is 6.92 Å². The Morgan fingerprint density at radius 1 is 1.45 bits per heavy atom. The molecule has 1 saturated heterocycles. The molecule has 1 aromatic heterocycles. The van der Waals surface area contributed by atoms with E-state index in [1.54, 1.807) is 11.1 Å². The van der Waals surface area contributed by atoms with E-state index in [0.717, 1.165) is 30.8 Å². The van der Waals surface area contributed by atoms with Gasteiger partial charge in [-0.1, -0.05) is 6.92 Å². The zero-order chi connectivity index (χ0) is 16.3. The normalized spacial score (nSPS) is 17.9. The van der Waals surface area contributed by atoms with Crippen LogP contribution in [0.1, 0.15) is 45.4 Å². The van der Waals surface area contributed by atoms with Crippen LogP contribution in [0.4, 0.5) is 4.79 Å². The van der Waals surface area contributed by atoms with Crippen LogP contribution in [0.3, 0.4) is 0 Å². The Bertz CT molecular complexity index is 537. The highest BCUT2D eigenvalue weighted by Crippen LogP contribution is 2.23. The molecule has 1 amide bonds. The molecule has 0 saturated carbocycles. The van der Waals surface area contributed by atoms with Crippen molar-refractivity contribution in [3.63, 3.8) is 0 Å². The zero-order valence-corrected chi connectivity index (χ0v) is 14.2. The molecule has 22 heavy (non-hydrogen) atoms. The quantitative estimate of drug-likeness (QED) is 0.856. The minimum Gasteiger partial charge on any atom is -0.490 e. The molecule has 1 fully saturated rings. The summed E-state index contributed by atoms with van der Waals surface area (Å²) in [6.45, 7) is 10.9. The molecule has 0 radical (unpaired) electrons. The van der Waals surface area contributed by atoms with Crippen molar-refractivity contribution in [3.8, 4) is 5.75 Å². The van der Waals surface area contributed by atoms with Crippen LogP contribution in [0.5, 0.6) is 5.75 Å². The van der Waals surface area contributed by atoms with E-state index in [-0.39, 0.29) is 12.1 Å². The van der Waals surface area contributed by atoms with E-state index < -0.39 is 5.60 Å². The van der Waals surface area contributed by atoms with Gasteiger partial charge in [0.05, 0.1) is 12.2 Å². The molecular weight excluding hydrogens is 280 g/mol. The second-order valence-electron chi connectivity index (χ2n) is 6.70. The molecule has 2 heterocycles.